The largest absolute Gasteiger partial charge is 0.497 e. The van der Waals surface area contributed by atoms with Gasteiger partial charge in [0, 0.05) is 23.9 Å². The van der Waals surface area contributed by atoms with Crippen molar-refractivity contribution >= 4 is 23.2 Å². The number of ether oxygens (including phenoxy) is 2. The summed E-state index contributed by atoms with van der Waals surface area (Å²) in [5, 5.41) is 5.60. The maximum atomic E-state index is 12.0. The molecule has 0 fully saturated rings. The Morgan fingerprint density at radius 2 is 2.00 bits per heavy atom. The normalized spacial score (nSPS) is 12.8. The molecular formula is C18H18N2O4. The van der Waals surface area contributed by atoms with Crippen molar-refractivity contribution in [2.75, 3.05) is 24.4 Å². The lowest BCUT2D eigenvalue weighted by molar-refractivity contribution is -0.118. The molecule has 2 amide bonds. The first kappa shape index (κ1) is 15.9. The number of amides is 2. The van der Waals surface area contributed by atoms with E-state index in [-0.39, 0.29) is 18.4 Å². The predicted molar refractivity (Wildman–Crippen MR) is 90.5 cm³/mol. The molecule has 6 heteroatoms. The van der Waals surface area contributed by atoms with E-state index >= 15 is 0 Å². The minimum atomic E-state index is -0.252. The Hall–Kier alpha value is -3.02. The molecule has 1 aliphatic rings. The summed E-state index contributed by atoms with van der Waals surface area (Å²) < 4.78 is 10.6. The monoisotopic (exact) mass is 326 g/mol. The topological polar surface area (TPSA) is 76.7 Å². The molecule has 6 nitrogen and oxygen atoms in total. The van der Waals surface area contributed by atoms with Gasteiger partial charge in [-0.15, -0.1) is 0 Å². The van der Waals surface area contributed by atoms with Gasteiger partial charge in [-0.3, -0.25) is 9.59 Å². The Labute approximate surface area is 139 Å². The van der Waals surface area contributed by atoms with Gasteiger partial charge >= 0.3 is 0 Å². The summed E-state index contributed by atoms with van der Waals surface area (Å²) >= 11 is 0. The molecule has 2 aromatic carbocycles. The third-order valence-corrected chi connectivity index (χ3v) is 3.70. The van der Waals surface area contributed by atoms with E-state index in [9.17, 15) is 9.59 Å². The first-order chi connectivity index (χ1) is 11.6. The highest BCUT2D eigenvalue weighted by Gasteiger charge is 2.15. The number of hydrogen-bond donors (Lipinski definition) is 2. The average Bonchev–Trinajstić information content (AvgIpc) is 2.60. The first-order valence-electron chi connectivity index (χ1n) is 7.63. The lowest BCUT2D eigenvalue weighted by atomic mass is 10.0. The number of carbonyl (C=O) groups is 2. The van der Waals surface area contributed by atoms with Gasteiger partial charge in [0.1, 0.15) is 11.5 Å². The third-order valence-electron chi connectivity index (χ3n) is 3.70. The summed E-state index contributed by atoms with van der Waals surface area (Å²) in [6, 6.07) is 12.5. The van der Waals surface area contributed by atoms with E-state index in [0.29, 0.717) is 30.0 Å². The Morgan fingerprint density at radius 3 is 2.83 bits per heavy atom. The number of carbonyl (C=O) groups excluding carboxylic acids is 2. The molecule has 1 aliphatic heterocycles. The number of anilines is 2. The van der Waals surface area contributed by atoms with Gasteiger partial charge < -0.3 is 20.1 Å². The molecular weight excluding hydrogens is 308 g/mol. The molecule has 0 bridgehead atoms. The standard InChI is InChI=1S/C18H18N2O4/c1-23-14-3-2-4-15(10-14)24-11-18(22)19-13-6-7-16-12(9-13)5-8-17(21)20-16/h2-4,6-7,9-10H,5,8,11H2,1H3,(H,19,22)(H,20,21). The van der Waals surface area contributed by atoms with Gasteiger partial charge in [0.2, 0.25) is 5.91 Å². The van der Waals surface area contributed by atoms with Crippen LogP contribution in [-0.4, -0.2) is 25.5 Å². The minimum absolute atomic E-state index is 0.0194. The van der Waals surface area contributed by atoms with Crippen molar-refractivity contribution in [2.45, 2.75) is 12.8 Å². The van der Waals surface area contributed by atoms with Crippen LogP contribution in [0.4, 0.5) is 11.4 Å². The number of benzene rings is 2. The lowest BCUT2D eigenvalue weighted by Crippen LogP contribution is -2.21. The molecule has 0 saturated heterocycles. The zero-order valence-corrected chi connectivity index (χ0v) is 13.3. The molecule has 0 saturated carbocycles. The number of rotatable bonds is 5. The highest BCUT2D eigenvalue weighted by Crippen LogP contribution is 2.25. The van der Waals surface area contributed by atoms with Crippen LogP contribution in [-0.2, 0) is 16.0 Å². The minimum Gasteiger partial charge on any atom is -0.497 e. The average molecular weight is 326 g/mol. The van der Waals surface area contributed by atoms with Crippen molar-refractivity contribution in [1.29, 1.82) is 0 Å². The van der Waals surface area contributed by atoms with Crippen molar-refractivity contribution < 1.29 is 19.1 Å². The van der Waals surface area contributed by atoms with Gasteiger partial charge in [-0.2, -0.15) is 0 Å². The second kappa shape index (κ2) is 7.04. The van der Waals surface area contributed by atoms with E-state index in [1.807, 2.05) is 6.07 Å². The van der Waals surface area contributed by atoms with E-state index < -0.39 is 0 Å². The fourth-order valence-electron chi connectivity index (χ4n) is 2.50. The van der Waals surface area contributed by atoms with Crippen LogP contribution >= 0.6 is 0 Å². The highest BCUT2D eigenvalue weighted by molar-refractivity contribution is 5.96. The van der Waals surface area contributed by atoms with Crippen LogP contribution in [0.2, 0.25) is 0 Å². The Balaban J connectivity index is 1.58. The molecule has 0 spiro atoms. The molecule has 124 valence electrons. The molecule has 3 rings (SSSR count). The Morgan fingerprint density at radius 1 is 1.17 bits per heavy atom. The van der Waals surface area contributed by atoms with Crippen LogP contribution in [0.25, 0.3) is 0 Å². The fourth-order valence-corrected chi connectivity index (χ4v) is 2.50. The van der Waals surface area contributed by atoms with Gasteiger partial charge in [0.05, 0.1) is 7.11 Å². The molecule has 1 heterocycles. The van der Waals surface area contributed by atoms with Gasteiger partial charge in [-0.25, -0.2) is 0 Å². The van der Waals surface area contributed by atoms with Crippen molar-refractivity contribution in [3.8, 4) is 11.5 Å². The second-order valence-corrected chi connectivity index (χ2v) is 5.44. The smallest absolute Gasteiger partial charge is 0.262 e. The number of fused-ring (bicyclic) bond motifs is 1. The lowest BCUT2D eigenvalue weighted by Gasteiger charge is -2.17. The summed E-state index contributed by atoms with van der Waals surface area (Å²) in [7, 11) is 1.57. The predicted octanol–water partition coefficient (Wildman–Crippen LogP) is 2.60. The number of hydrogen-bond acceptors (Lipinski definition) is 4. The first-order valence-corrected chi connectivity index (χ1v) is 7.63. The quantitative estimate of drug-likeness (QED) is 0.885. The van der Waals surface area contributed by atoms with E-state index in [1.54, 1.807) is 43.5 Å². The molecule has 0 unspecified atom stereocenters. The van der Waals surface area contributed by atoms with Gasteiger partial charge in [0.15, 0.2) is 6.61 Å². The van der Waals surface area contributed by atoms with E-state index in [1.165, 1.54) is 0 Å². The van der Waals surface area contributed by atoms with E-state index in [0.717, 1.165) is 11.3 Å². The molecule has 0 atom stereocenters. The molecule has 0 radical (unpaired) electrons. The van der Waals surface area contributed by atoms with Crippen molar-refractivity contribution in [3.63, 3.8) is 0 Å². The summed E-state index contributed by atoms with van der Waals surface area (Å²) in [6.07, 6.45) is 1.13. The summed E-state index contributed by atoms with van der Waals surface area (Å²) in [4.78, 5) is 23.4. The Bertz CT molecular complexity index is 773. The van der Waals surface area contributed by atoms with Crippen molar-refractivity contribution in [3.05, 3.63) is 48.0 Å². The number of nitrogens with one attached hydrogen (secondary N) is 2. The fraction of sp³-hybridized carbons (Fsp3) is 0.222. The van der Waals surface area contributed by atoms with Crippen molar-refractivity contribution in [2.24, 2.45) is 0 Å². The molecule has 0 aliphatic carbocycles. The zero-order chi connectivity index (χ0) is 16.9. The number of methoxy groups -OCH3 is 1. The van der Waals surface area contributed by atoms with Crippen LogP contribution in [0.5, 0.6) is 11.5 Å². The SMILES string of the molecule is COc1cccc(OCC(=O)Nc2ccc3c(c2)CCC(=O)N3)c1. The highest BCUT2D eigenvalue weighted by atomic mass is 16.5. The summed E-state index contributed by atoms with van der Waals surface area (Å²) in [5.74, 6) is 1.01. The Kier molecular flexibility index (Phi) is 4.65. The van der Waals surface area contributed by atoms with Gasteiger partial charge in [-0.05, 0) is 42.3 Å². The zero-order valence-electron chi connectivity index (χ0n) is 13.3. The van der Waals surface area contributed by atoms with E-state index in [4.69, 9.17) is 9.47 Å². The summed E-state index contributed by atoms with van der Waals surface area (Å²) in [5.41, 5.74) is 2.50. The maximum absolute atomic E-state index is 12.0. The molecule has 2 aromatic rings. The second-order valence-electron chi connectivity index (χ2n) is 5.44. The number of aryl methyl sites for hydroxylation is 1. The van der Waals surface area contributed by atoms with Gasteiger partial charge in [0.25, 0.3) is 5.91 Å². The molecule has 2 N–H and O–H groups in total. The third kappa shape index (κ3) is 3.84. The van der Waals surface area contributed by atoms with Crippen LogP contribution in [0.3, 0.4) is 0 Å². The van der Waals surface area contributed by atoms with Crippen LogP contribution < -0.4 is 20.1 Å². The van der Waals surface area contributed by atoms with E-state index in [2.05, 4.69) is 10.6 Å². The molecule has 0 aromatic heterocycles. The van der Waals surface area contributed by atoms with Gasteiger partial charge in [-0.1, -0.05) is 6.07 Å². The maximum Gasteiger partial charge on any atom is 0.262 e. The van der Waals surface area contributed by atoms with Crippen LogP contribution in [0.15, 0.2) is 42.5 Å². The summed E-state index contributed by atoms with van der Waals surface area (Å²) in [6.45, 7) is -0.0962. The molecule has 24 heavy (non-hydrogen) atoms. The van der Waals surface area contributed by atoms with Crippen LogP contribution in [0.1, 0.15) is 12.0 Å². The van der Waals surface area contributed by atoms with Crippen LogP contribution in [0, 0.1) is 0 Å². The van der Waals surface area contributed by atoms with Crippen molar-refractivity contribution in [1.82, 2.24) is 0 Å².